The van der Waals surface area contributed by atoms with Gasteiger partial charge >= 0.3 is 0 Å². The minimum Gasteiger partial charge on any atom is -0.293 e. The number of hydrogen-bond acceptors (Lipinski definition) is 3. The van der Waals surface area contributed by atoms with Gasteiger partial charge in [0.2, 0.25) is 0 Å². The lowest BCUT2D eigenvalue weighted by Crippen LogP contribution is -2.21. The summed E-state index contributed by atoms with van der Waals surface area (Å²) in [6, 6.07) is 22.0. The van der Waals surface area contributed by atoms with E-state index in [-0.39, 0.29) is 22.8 Å². The number of rotatable bonds is 1. The Labute approximate surface area is 154 Å². The number of carbonyl (C=O) groups excluding carboxylic acids is 1. The molecule has 0 saturated carbocycles. The number of fused-ring (bicyclic) bond motifs is 4. The van der Waals surface area contributed by atoms with Crippen molar-refractivity contribution < 1.29 is 9.18 Å². The Kier molecular flexibility index (Phi) is 3.54. The smallest absolute Gasteiger partial charge is 0.174 e. The molecular weight excluding hydrogens is 345 g/mol. The number of Topliss-reactive ketones (excluding diaryl/α,β-unsaturated/α-hetero) is 1. The van der Waals surface area contributed by atoms with E-state index in [1.807, 2.05) is 48.5 Å². The minimum absolute atomic E-state index is 0.0916. The summed E-state index contributed by atoms with van der Waals surface area (Å²) >= 11 is 1.63. The van der Waals surface area contributed by atoms with E-state index in [1.165, 1.54) is 12.1 Å². The molecule has 26 heavy (non-hydrogen) atoms. The summed E-state index contributed by atoms with van der Waals surface area (Å²) in [4.78, 5) is 19.1. The van der Waals surface area contributed by atoms with Gasteiger partial charge in [-0.15, -0.1) is 11.8 Å². The van der Waals surface area contributed by atoms with Gasteiger partial charge < -0.3 is 0 Å². The lowest BCUT2D eigenvalue weighted by atomic mass is 9.93. The van der Waals surface area contributed by atoms with Crippen LogP contribution in [0.3, 0.4) is 0 Å². The summed E-state index contributed by atoms with van der Waals surface area (Å²) < 4.78 is 13.4. The van der Waals surface area contributed by atoms with Gasteiger partial charge in [0.25, 0.3) is 0 Å². The van der Waals surface area contributed by atoms with Crippen LogP contribution in [-0.4, -0.2) is 11.5 Å². The van der Waals surface area contributed by atoms with Crippen LogP contribution in [0.1, 0.15) is 26.7 Å². The summed E-state index contributed by atoms with van der Waals surface area (Å²) in [6.07, 6.45) is 0. The van der Waals surface area contributed by atoms with Gasteiger partial charge in [0.05, 0.1) is 22.6 Å². The zero-order chi connectivity index (χ0) is 17.7. The fraction of sp³-hybridized carbons (Fsp3) is 0.0909. The molecule has 0 aromatic heterocycles. The van der Waals surface area contributed by atoms with Gasteiger partial charge in [0.15, 0.2) is 5.78 Å². The Hall–Kier alpha value is -2.72. The predicted octanol–water partition coefficient (Wildman–Crippen LogP) is 5.61. The number of nitrogens with zero attached hydrogens (tertiary/aromatic N) is 1. The highest BCUT2D eigenvalue weighted by atomic mass is 32.2. The SMILES string of the molecule is O=C1c2ccccc2C2=Nc3ccccc3S[C@H](c3ccc(F)cc3)[C@H]12. The Morgan fingerprint density at radius 3 is 2.35 bits per heavy atom. The summed E-state index contributed by atoms with van der Waals surface area (Å²) in [7, 11) is 0. The molecule has 2 aliphatic rings. The maximum Gasteiger partial charge on any atom is 0.174 e. The largest absolute Gasteiger partial charge is 0.293 e. The second-order valence-corrected chi connectivity index (χ2v) is 7.63. The van der Waals surface area contributed by atoms with E-state index < -0.39 is 0 Å². The molecule has 0 amide bonds. The standard InChI is InChI=1S/C22H14FNOS/c23-14-11-9-13(10-12-14)22-19-20(15-5-1-2-6-16(15)21(19)25)24-17-7-3-4-8-18(17)26-22/h1-12,19,22H/t19-,22+/m0/s1. The third kappa shape index (κ3) is 2.33. The number of benzene rings is 3. The molecule has 0 unspecified atom stereocenters. The van der Waals surface area contributed by atoms with Crippen LogP contribution in [-0.2, 0) is 0 Å². The predicted molar refractivity (Wildman–Crippen MR) is 102 cm³/mol. The lowest BCUT2D eigenvalue weighted by Gasteiger charge is -2.21. The zero-order valence-electron chi connectivity index (χ0n) is 13.7. The van der Waals surface area contributed by atoms with E-state index in [2.05, 4.69) is 0 Å². The Bertz CT molecular complexity index is 1060. The van der Waals surface area contributed by atoms with Crippen molar-refractivity contribution in [3.63, 3.8) is 0 Å². The molecule has 3 aromatic carbocycles. The summed E-state index contributed by atoms with van der Waals surface area (Å²) in [6.45, 7) is 0. The van der Waals surface area contributed by atoms with E-state index in [1.54, 1.807) is 23.9 Å². The van der Waals surface area contributed by atoms with E-state index in [0.29, 0.717) is 0 Å². The molecule has 0 radical (unpaired) electrons. The molecule has 0 saturated heterocycles. The molecule has 1 heterocycles. The van der Waals surface area contributed by atoms with Crippen LogP contribution in [0.2, 0.25) is 0 Å². The Morgan fingerprint density at radius 2 is 1.54 bits per heavy atom. The topological polar surface area (TPSA) is 29.4 Å². The van der Waals surface area contributed by atoms with E-state index in [9.17, 15) is 9.18 Å². The molecule has 1 aliphatic carbocycles. The minimum atomic E-state index is -0.365. The van der Waals surface area contributed by atoms with Gasteiger partial charge in [-0.1, -0.05) is 48.5 Å². The Balaban J connectivity index is 1.75. The van der Waals surface area contributed by atoms with Crippen LogP contribution >= 0.6 is 11.8 Å². The van der Waals surface area contributed by atoms with Gasteiger partial charge in [-0.25, -0.2) is 4.39 Å². The van der Waals surface area contributed by atoms with Crippen LogP contribution in [0, 0.1) is 11.7 Å². The molecule has 4 heteroatoms. The highest BCUT2D eigenvalue weighted by Crippen LogP contribution is 2.51. The van der Waals surface area contributed by atoms with Gasteiger partial charge in [-0.3, -0.25) is 9.79 Å². The quantitative estimate of drug-likeness (QED) is 0.565. The van der Waals surface area contributed by atoms with Crippen molar-refractivity contribution in [1.82, 2.24) is 0 Å². The number of hydrogen-bond donors (Lipinski definition) is 0. The first-order valence-corrected chi connectivity index (χ1v) is 9.34. The van der Waals surface area contributed by atoms with Gasteiger partial charge in [0.1, 0.15) is 5.82 Å². The number of carbonyl (C=O) groups is 1. The van der Waals surface area contributed by atoms with Crippen LogP contribution in [0.4, 0.5) is 10.1 Å². The maximum absolute atomic E-state index is 13.4. The molecule has 0 spiro atoms. The molecule has 1 aliphatic heterocycles. The fourth-order valence-corrected chi connectivity index (χ4v) is 5.03. The summed E-state index contributed by atoms with van der Waals surface area (Å²) in [5, 5.41) is -0.141. The molecule has 0 N–H and O–H groups in total. The summed E-state index contributed by atoms with van der Waals surface area (Å²) in [5.41, 5.74) is 4.27. The van der Waals surface area contributed by atoms with Crippen molar-refractivity contribution in [2.45, 2.75) is 10.1 Å². The van der Waals surface area contributed by atoms with Crippen molar-refractivity contribution in [3.8, 4) is 0 Å². The van der Waals surface area contributed by atoms with Gasteiger partial charge in [-0.05, 0) is 29.8 Å². The second-order valence-electron chi connectivity index (χ2n) is 6.44. The molecule has 3 aromatic rings. The van der Waals surface area contributed by atoms with Crippen LogP contribution in [0.15, 0.2) is 82.7 Å². The number of para-hydroxylation sites is 1. The van der Waals surface area contributed by atoms with Crippen molar-refractivity contribution in [1.29, 1.82) is 0 Å². The third-order valence-electron chi connectivity index (χ3n) is 4.91. The van der Waals surface area contributed by atoms with E-state index in [0.717, 1.165) is 33.0 Å². The first-order chi connectivity index (χ1) is 12.7. The third-order valence-corrected chi connectivity index (χ3v) is 6.30. The monoisotopic (exact) mass is 359 g/mol. The lowest BCUT2D eigenvalue weighted by molar-refractivity contribution is 0.0960. The molecule has 0 bridgehead atoms. The molecule has 126 valence electrons. The van der Waals surface area contributed by atoms with Crippen molar-refractivity contribution in [2.24, 2.45) is 10.9 Å². The number of thioether (sulfide) groups is 1. The number of aliphatic imine (C=N–C) groups is 1. The van der Waals surface area contributed by atoms with E-state index in [4.69, 9.17) is 4.99 Å². The van der Waals surface area contributed by atoms with Crippen molar-refractivity contribution in [3.05, 3.63) is 95.3 Å². The van der Waals surface area contributed by atoms with Gasteiger partial charge in [-0.2, -0.15) is 0 Å². The molecule has 2 atom stereocenters. The molecule has 5 rings (SSSR count). The average Bonchev–Trinajstić information content (AvgIpc) is 2.84. The second kappa shape index (κ2) is 5.92. The number of ketones is 1. The highest BCUT2D eigenvalue weighted by Gasteiger charge is 2.44. The van der Waals surface area contributed by atoms with E-state index >= 15 is 0 Å². The van der Waals surface area contributed by atoms with Gasteiger partial charge in [0, 0.05) is 16.0 Å². The van der Waals surface area contributed by atoms with Crippen LogP contribution in [0.25, 0.3) is 0 Å². The summed E-state index contributed by atoms with van der Waals surface area (Å²) in [5.74, 6) is -0.549. The van der Waals surface area contributed by atoms with Crippen molar-refractivity contribution >= 4 is 28.9 Å². The average molecular weight is 359 g/mol. The number of halogens is 1. The normalized spacial score (nSPS) is 20.7. The first kappa shape index (κ1) is 15.5. The Morgan fingerprint density at radius 1 is 0.846 bits per heavy atom. The zero-order valence-corrected chi connectivity index (χ0v) is 14.5. The maximum atomic E-state index is 13.4. The van der Waals surface area contributed by atoms with Crippen LogP contribution in [0.5, 0.6) is 0 Å². The molecule has 0 fully saturated rings. The highest BCUT2D eigenvalue weighted by molar-refractivity contribution is 7.99. The fourth-order valence-electron chi connectivity index (χ4n) is 3.69. The van der Waals surface area contributed by atoms with Crippen molar-refractivity contribution in [2.75, 3.05) is 0 Å². The molecule has 2 nitrogen and oxygen atoms in total. The molecular formula is C22H14FNOS. The van der Waals surface area contributed by atoms with Crippen LogP contribution < -0.4 is 0 Å². The first-order valence-electron chi connectivity index (χ1n) is 8.46.